The van der Waals surface area contributed by atoms with Gasteiger partial charge in [0, 0.05) is 28.3 Å². The van der Waals surface area contributed by atoms with E-state index in [-0.39, 0.29) is 11.6 Å². The molecule has 0 radical (unpaired) electrons. The van der Waals surface area contributed by atoms with Crippen molar-refractivity contribution in [3.05, 3.63) is 35.5 Å². The van der Waals surface area contributed by atoms with Crippen molar-refractivity contribution in [2.45, 2.75) is 75.3 Å². The van der Waals surface area contributed by atoms with E-state index < -0.39 is 0 Å². The van der Waals surface area contributed by atoms with Gasteiger partial charge in [0.25, 0.3) is 0 Å². The first kappa shape index (κ1) is 17.9. The Balaban J connectivity index is 1.62. The van der Waals surface area contributed by atoms with E-state index in [2.05, 4.69) is 55.0 Å². The summed E-state index contributed by atoms with van der Waals surface area (Å²) < 4.78 is 2.12. The number of thioether (sulfide) groups is 1. The maximum atomic E-state index is 9.79. The number of benzene rings is 1. The van der Waals surface area contributed by atoms with Crippen LogP contribution in [-0.2, 0) is 12.0 Å². The maximum Gasteiger partial charge on any atom is 0.129 e. The average molecular weight is 372 g/mol. The molecule has 1 aromatic heterocycles. The molecule has 4 rings (SSSR count). The number of nitrogens with zero attached hydrogens (tertiary/aromatic N) is 2. The van der Waals surface area contributed by atoms with Gasteiger partial charge in [-0.1, -0.05) is 0 Å². The second-order valence-corrected chi connectivity index (χ2v) is 9.73. The van der Waals surface area contributed by atoms with E-state index in [9.17, 15) is 5.11 Å². The first-order valence-corrected chi connectivity index (χ1v) is 10.7. The minimum atomic E-state index is -0.127. The van der Waals surface area contributed by atoms with Crippen LogP contribution in [0.5, 0.6) is 0 Å². The molecule has 1 aliphatic carbocycles. The Kier molecular flexibility index (Phi) is 4.78. The summed E-state index contributed by atoms with van der Waals surface area (Å²) in [5.41, 5.74) is 3.66. The molecule has 0 amide bonds. The Morgan fingerprint density at radius 2 is 1.92 bits per heavy atom. The molecule has 0 unspecified atom stereocenters. The molecular weight excluding hydrogens is 342 g/mol. The van der Waals surface area contributed by atoms with Crippen molar-refractivity contribution in [1.82, 2.24) is 9.78 Å². The average Bonchev–Trinajstić information content (AvgIpc) is 3.21. The first-order valence-electron chi connectivity index (χ1n) is 9.71. The zero-order valence-corrected chi connectivity index (χ0v) is 16.8. The van der Waals surface area contributed by atoms with Gasteiger partial charge in [-0.05, 0) is 76.6 Å². The van der Waals surface area contributed by atoms with E-state index >= 15 is 0 Å². The number of aliphatic hydroxyl groups excluding tert-OH is 1. The number of anilines is 2. The number of nitrogens with one attached hydrogen (secondary N) is 1. The van der Waals surface area contributed by atoms with Crippen LogP contribution in [0.15, 0.2) is 29.2 Å². The molecule has 0 bridgehead atoms. The molecule has 1 fully saturated rings. The van der Waals surface area contributed by atoms with E-state index in [0.29, 0.717) is 5.92 Å². The zero-order chi connectivity index (χ0) is 18.3. The minimum absolute atomic E-state index is 0.0820. The summed E-state index contributed by atoms with van der Waals surface area (Å²) in [6.45, 7) is 6.58. The van der Waals surface area contributed by atoms with E-state index in [1.807, 2.05) is 11.8 Å². The summed E-state index contributed by atoms with van der Waals surface area (Å²) in [4.78, 5) is 1.42. The molecule has 2 aromatic rings. The molecule has 4 nitrogen and oxygen atoms in total. The SMILES string of the molecule is CC(C)(C)n1nc(C2CCC(O)CC2)cc1Nc1ccc2c(c1)CCS2. The fourth-order valence-corrected chi connectivity index (χ4v) is 5.04. The highest BCUT2D eigenvalue weighted by Gasteiger charge is 2.27. The second-order valence-electron chi connectivity index (χ2n) is 8.59. The van der Waals surface area contributed by atoms with Crippen LogP contribution in [0, 0.1) is 0 Å². The van der Waals surface area contributed by atoms with Gasteiger partial charge in [0.15, 0.2) is 0 Å². The smallest absolute Gasteiger partial charge is 0.129 e. The highest BCUT2D eigenvalue weighted by molar-refractivity contribution is 7.99. The standard InChI is InChI=1S/C21H29N3OS/c1-21(2,3)24-20(13-18(23-24)14-4-7-17(25)8-5-14)22-16-6-9-19-15(12-16)10-11-26-19/h6,9,12-14,17,22,25H,4-5,7-8,10-11H2,1-3H3. The lowest BCUT2D eigenvalue weighted by Gasteiger charge is -2.25. The van der Waals surface area contributed by atoms with E-state index in [1.165, 1.54) is 16.2 Å². The molecule has 1 aliphatic heterocycles. The van der Waals surface area contributed by atoms with E-state index in [4.69, 9.17) is 5.10 Å². The molecule has 5 heteroatoms. The fraction of sp³-hybridized carbons (Fsp3) is 0.571. The maximum absolute atomic E-state index is 9.79. The van der Waals surface area contributed by atoms with Crippen LogP contribution in [0.3, 0.4) is 0 Å². The Labute approximate surface area is 160 Å². The molecule has 26 heavy (non-hydrogen) atoms. The van der Waals surface area contributed by atoms with Crippen molar-refractivity contribution in [1.29, 1.82) is 0 Å². The second kappa shape index (κ2) is 6.93. The Bertz CT molecular complexity index is 785. The van der Waals surface area contributed by atoms with Gasteiger partial charge >= 0.3 is 0 Å². The van der Waals surface area contributed by atoms with Gasteiger partial charge in [0.05, 0.1) is 17.3 Å². The Morgan fingerprint density at radius 1 is 1.15 bits per heavy atom. The van der Waals surface area contributed by atoms with Gasteiger partial charge < -0.3 is 10.4 Å². The highest BCUT2D eigenvalue weighted by Crippen LogP contribution is 2.37. The van der Waals surface area contributed by atoms with Crippen LogP contribution in [0.4, 0.5) is 11.5 Å². The van der Waals surface area contributed by atoms with Gasteiger partial charge in [-0.3, -0.25) is 0 Å². The number of rotatable bonds is 3. The highest BCUT2D eigenvalue weighted by atomic mass is 32.2. The molecule has 0 saturated heterocycles. The Hall–Kier alpha value is -1.46. The summed E-state index contributed by atoms with van der Waals surface area (Å²) in [5.74, 6) is 2.71. The predicted molar refractivity (Wildman–Crippen MR) is 109 cm³/mol. The molecule has 2 N–H and O–H groups in total. The lowest BCUT2D eigenvalue weighted by atomic mass is 9.85. The number of fused-ring (bicyclic) bond motifs is 1. The monoisotopic (exact) mass is 371 g/mol. The molecule has 0 atom stereocenters. The summed E-state index contributed by atoms with van der Waals surface area (Å²) in [6, 6.07) is 8.91. The van der Waals surface area contributed by atoms with Crippen molar-refractivity contribution in [2.24, 2.45) is 0 Å². The fourth-order valence-electron chi connectivity index (χ4n) is 3.98. The summed E-state index contributed by atoms with van der Waals surface area (Å²) in [6.07, 6.45) is 4.86. The zero-order valence-electron chi connectivity index (χ0n) is 16.0. The number of hydrogen-bond donors (Lipinski definition) is 2. The van der Waals surface area contributed by atoms with Gasteiger partial charge in [-0.2, -0.15) is 5.10 Å². The number of hydrogen-bond acceptors (Lipinski definition) is 4. The van der Waals surface area contributed by atoms with E-state index in [0.717, 1.165) is 49.3 Å². The van der Waals surface area contributed by atoms with Crippen molar-refractivity contribution >= 4 is 23.3 Å². The molecule has 2 aliphatic rings. The third-order valence-corrected chi connectivity index (χ3v) is 6.56. The van der Waals surface area contributed by atoms with Crippen molar-refractivity contribution in [3.8, 4) is 0 Å². The lowest BCUT2D eigenvalue weighted by Crippen LogP contribution is -2.25. The van der Waals surface area contributed by atoms with Crippen LogP contribution in [0.2, 0.25) is 0 Å². The molecular formula is C21H29N3OS. The third kappa shape index (κ3) is 3.65. The van der Waals surface area contributed by atoms with Gasteiger partial charge in [0.2, 0.25) is 0 Å². The summed E-state index contributed by atoms with van der Waals surface area (Å²) >= 11 is 1.95. The van der Waals surface area contributed by atoms with Gasteiger partial charge in [0.1, 0.15) is 5.82 Å². The van der Waals surface area contributed by atoms with Crippen molar-refractivity contribution in [2.75, 3.05) is 11.1 Å². The van der Waals surface area contributed by atoms with Crippen molar-refractivity contribution in [3.63, 3.8) is 0 Å². The van der Waals surface area contributed by atoms with Crippen LogP contribution < -0.4 is 5.32 Å². The molecule has 0 spiro atoms. The Morgan fingerprint density at radius 3 is 2.65 bits per heavy atom. The molecule has 1 saturated carbocycles. The van der Waals surface area contributed by atoms with Crippen LogP contribution in [-0.4, -0.2) is 26.7 Å². The van der Waals surface area contributed by atoms with Gasteiger partial charge in [-0.15, -0.1) is 11.8 Å². The van der Waals surface area contributed by atoms with Crippen LogP contribution in [0.1, 0.15) is 63.6 Å². The minimum Gasteiger partial charge on any atom is -0.393 e. The molecule has 1 aromatic carbocycles. The number of aliphatic hydroxyl groups is 1. The first-order chi connectivity index (χ1) is 12.4. The topological polar surface area (TPSA) is 50.1 Å². The number of aryl methyl sites for hydroxylation is 1. The van der Waals surface area contributed by atoms with Crippen molar-refractivity contribution < 1.29 is 5.11 Å². The molecule has 2 heterocycles. The van der Waals surface area contributed by atoms with Crippen LogP contribution >= 0.6 is 11.8 Å². The normalized spacial score (nSPS) is 23.1. The largest absolute Gasteiger partial charge is 0.393 e. The van der Waals surface area contributed by atoms with E-state index in [1.54, 1.807) is 0 Å². The lowest BCUT2D eigenvalue weighted by molar-refractivity contribution is 0.121. The predicted octanol–water partition coefficient (Wildman–Crippen LogP) is 5.05. The number of aromatic nitrogens is 2. The quantitative estimate of drug-likeness (QED) is 0.793. The third-order valence-electron chi connectivity index (χ3n) is 5.44. The van der Waals surface area contributed by atoms with Gasteiger partial charge in [-0.25, -0.2) is 4.68 Å². The van der Waals surface area contributed by atoms with Crippen LogP contribution in [0.25, 0.3) is 0 Å². The summed E-state index contributed by atoms with van der Waals surface area (Å²) in [5, 5.41) is 18.4. The molecule has 140 valence electrons. The summed E-state index contributed by atoms with van der Waals surface area (Å²) in [7, 11) is 0.